The number of benzene rings is 3. The van der Waals surface area contributed by atoms with Gasteiger partial charge in [-0.15, -0.1) is 22.2 Å². The summed E-state index contributed by atoms with van der Waals surface area (Å²) in [6.07, 6.45) is 0. The third-order valence-corrected chi connectivity index (χ3v) is 5.62. The fourth-order valence-electron chi connectivity index (χ4n) is 3.29. The summed E-state index contributed by atoms with van der Waals surface area (Å²) in [5.74, 6) is -0.431. The third kappa shape index (κ3) is 4.25. The van der Waals surface area contributed by atoms with E-state index in [0.717, 1.165) is 16.3 Å². The summed E-state index contributed by atoms with van der Waals surface area (Å²) in [4.78, 5) is 13.9. The van der Waals surface area contributed by atoms with E-state index in [1.165, 1.54) is 37.1 Å². The summed E-state index contributed by atoms with van der Waals surface area (Å²) in [6, 6.07) is 17.9. The van der Waals surface area contributed by atoms with Crippen molar-refractivity contribution in [1.29, 1.82) is 0 Å². The SMILES string of the molecule is COc1cc(C(=O)O)ccc1N[N+](O)(O)C1=CSCC(c2cccc3ccccc23)=N1. The average molecular weight is 438 g/mol. The monoisotopic (exact) mass is 438 g/mol. The average Bonchev–Trinajstić information content (AvgIpc) is 2.78. The standard InChI is InChI=1S/C22H19N3O5S/c1-30-20-11-15(22(26)27)9-10-18(20)24-25(28,29)21-13-31-12-19(23-21)17-8-4-6-14-5-2-3-7-16(14)17/h2-11,13,24,28-29H,12H2,1H3/p+1. The molecule has 1 aliphatic heterocycles. The lowest BCUT2D eigenvalue weighted by Crippen LogP contribution is -2.45. The minimum Gasteiger partial charge on any atom is -0.494 e. The van der Waals surface area contributed by atoms with Crippen molar-refractivity contribution in [3.63, 3.8) is 0 Å². The van der Waals surface area contributed by atoms with Crippen molar-refractivity contribution in [2.24, 2.45) is 4.99 Å². The smallest absolute Gasteiger partial charge is 0.335 e. The fourth-order valence-corrected chi connectivity index (χ4v) is 4.10. The van der Waals surface area contributed by atoms with Gasteiger partial charge in [0.2, 0.25) is 0 Å². The predicted octanol–water partition coefficient (Wildman–Crippen LogP) is 4.50. The van der Waals surface area contributed by atoms with E-state index in [9.17, 15) is 15.2 Å². The second-order valence-corrected chi connectivity index (χ2v) is 7.66. The van der Waals surface area contributed by atoms with Crippen molar-refractivity contribution < 1.29 is 30.0 Å². The van der Waals surface area contributed by atoms with E-state index in [1.54, 1.807) is 5.41 Å². The van der Waals surface area contributed by atoms with Crippen LogP contribution in [0.3, 0.4) is 0 Å². The highest BCUT2D eigenvalue weighted by Crippen LogP contribution is 2.31. The summed E-state index contributed by atoms with van der Waals surface area (Å²) in [7, 11) is 1.36. The number of hydrogen-bond acceptors (Lipinski definition) is 7. The molecule has 0 unspecified atom stereocenters. The molecule has 31 heavy (non-hydrogen) atoms. The number of fused-ring (bicyclic) bond motifs is 1. The van der Waals surface area contributed by atoms with E-state index < -0.39 is 10.9 Å². The van der Waals surface area contributed by atoms with Gasteiger partial charge < -0.3 is 9.84 Å². The molecule has 3 aromatic rings. The molecule has 158 valence electrons. The Labute approximate surface area is 182 Å². The van der Waals surface area contributed by atoms with Gasteiger partial charge in [-0.1, -0.05) is 42.5 Å². The lowest BCUT2D eigenvalue weighted by atomic mass is 10.0. The van der Waals surface area contributed by atoms with Crippen LogP contribution in [0.5, 0.6) is 5.75 Å². The van der Waals surface area contributed by atoms with E-state index in [1.807, 2.05) is 42.5 Å². The number of carbonyl (C=O) groups is 1. The Morgan fingerprint density at radius 3 is 2.68 bits per heavy atom. The van der Waals surface area contributed by atoms with Gasteiger partial charge in [-0.3, -0.25) is 0 Å². The molecule has 4 N–H and O–H groups in total. The molecular weight excluding hydrogens is 418 g/mol. The molecule has 1 heterocycles. The van der Waals surface area contributed by atoms with Crippen LogP contribution in [0.1, 0.15) is 15.9 Å². The molecule has 0 aromatic heterocycles. The van der Waals surface area contributed by atoms with Gasteiger partial charge in [0.25, 0.3) is 0 Å². The number of aromatic carboxylic acids is 1. The largest absolute Gasteiger partial charge is 0.494 e. The molecule has 0 amide bonds. The molecule has 0 saturated carbocycles. The van der Waals surface area contributed by atoms with Gasteiger partial charge in [-0.05, 0) is 29.0 Å². The first-order valence-corrected chi connectivity index (χ1v) is 10.4. The van der Waals surface area contributed by atoms with Crippen LogP contribution in [0.15, 0.2) is 76.9 Å². The summed E-state index contributed by atoms with van der Waals surface area (Å²) >= 11 is 1.39. The summed E-state index contributed by atoms with van der Waals surface area (Å²) in [6.45, 7) is 0. The Bertz CT molecular complexity index is 1220. The molecule has 0 aliphatic carbocycles. The maximum absolute atomic E-state index is 11.2. The van der Waals surface area contributed by atoms with Crippen LogP contribution in [0.4, 0.5) is 5.69 Å². The van der Waals surface area contributed by atoms with Gasteiger partial charge in [0, 0.05) is 11.3 Å². The van der Waals surface area contributed by atoms with Crippen LogP contribution < -0.4 is 10.2 Å². The Hall–Kier alpha value is -3.37. The topological polar surface area (TPSA) is 111 Å². The minimum atomic E-state index is -1.73. The zero-order valence-corrected chi connectivity index (χ0v) is 17.3. The molecule has 0 saturated heterocycles. The van der Waals surface area contributed by atoms with E-state index in [-0.39, 0.29) is 22.8 Å². The number of ether oxygens (including phenoxy) is 1. The maximum atomic E-state index is 11.2. The summed E-state index contributed by atoms with van der Waals surface area (Å²) < 4.78 is 5.19. The molecule has 0 atom stereocenters. The van der Waals surface area contributed by atoms with Crippen LogP contribution >= 0.6 is 11.8 Å². The number of thioether (sulfide) groups is 1. The number of nitrogens with zero attached hydrogens (tertiary/aromatic N) is 2. The van der Waals surface area contributed by atoms with Crippen molar-refractivity contribution in [2.75, 3.05) is 18.3 Å². The van der Waals surface area contributed by atoms with E-state index >= 15 is 0 Å². The molecule has 1 aliphatic rings. The quantitative estimate of drug-likeness (QED) is 0.331. The van der Waals surface area contributed by atoms with Gasteiger partial charge >= 0.3 is 11.8 Å². The van der Waals surface area contributed by atoms with Gasteiger partial charge in [-0.25, -0.2) is 4.79 Å². The highest BCUT2D eigenvalue weighted by atomic mass is 32.2. The number of carboxylic acids is 1. The van der Waals surface area contributed by atoms with Crippen molar-refractivity contribution in [2.45, 2.75) is 0 Å². The molecule has 0 bridgehead atoms. The maximum Gasteiger partial charge on any atom is 0.335 e. The number of anilines is 1. The number of rotatable bonds is 6. The van der Waals surface area contributed by atoms with Crippen molar-refractivity contribution in [3.05, 3.63) is 83.0 Å². The fraction of sp³-hybridized carbons (Fsp3) is 0.0909. The van der Waals surface area contributed by atoms with E-state index in [0.29, 0.717) is 11.5 Å². The zero-order valence-electron chi connectivity index (χ0n) is 16.5. The molecule has 3 aromatic carbocycles. The van der Waals surface area contributed by atoms with Gasteiger partial charge in [0.1, 0.15) is 11.4 Å². The third-order valence-electron chi connectivity index (χ3n) is 4.80. The minimum absolute atomic E-state index is 0.0140. The summed E-state index contributed by atoms with van der Waals surface area (Å²) in [5, 5.41) is 34.2. The molecule has 8 nitrogen and oxygen atoms in total. The molecule has 9 heteroatoms. The Morgan fingerprint density at radius 1 is 1.13 bits per heavy atom. The Morgan fingerprint density at radius 2 is 1.90 bits per heavy atom. The Kier molecular flexibility index (Phi) is 5.66. The second kappa shape index (κ2) is 8.40. The van der Waals surface area contributed by atoms with E-state index in [4.69, 9.17) is 9.84 Å². The number of hydroxylamine groups is 2. The van der Waals surface area contributed by atoms with Crippen LogP contribution in [0.25, 0.3) is 10.8 Å². The first kappa shape index (κ1) is 20.9. The number of nitrogens with one attached hydrogen (secondary N) is 1. The zero-order chi connectivity index (χ0) is 22.0. The molecule has 4 rings (SSSR count). The molecular formula is C22H20N3O5S+. The number of quaternary nitrogens is 1. The lowest BCUT2D eigenvalue weighted by Gasteiger charge is -2.24. The van der Waals surface area contributed by atoms with Gasteiger partial charge in [-0.2, -0.15) is 10.4 Å². The van der Waals surface area contributed by atoms with Crippen LogP contribution in [-0.4, -0.2) is 45.0 Å². The number of carboxylic acid groups (broad SMARTS) is 1. The van der Waals surface area contributed by atoms with Gasteiger partial charge in [0.15, 0.2) is 0 Å². The Balaban J connectivity index is 1.66. The predicted molar refractivity (Wildman–Crippen MR) is 118 cm³/mol. The van der Waals surface area contributed by atoms with Crippen molar-refractivity contribution in [1.82, 2.24) is 0 Å². The number of methoxy groups -OCH3 is 1. The highest BCUT2D eigenvalue weighted by molar-refractivity contribution is 8.02. The molecule has 0 fully saturated rings. The van der Waals surface area contributed by atoms with Gasteiger partial charge in [0.05, 0.1) is 28.7 Å². The number of hydrogen-bond donors (Lipinski definition) is 4. The molecule has 0 spiro atoms. The van der Waals surface area contributed by atoms with Crippen LogP contribution in [0.2, 0.25) is 0 Å². The lowest BCUT2D eigenvalue weighted by molar-refractivity contribution is -1.20. The van der Waals surface area contributed by atoms with Crippen molar-refractivity contribution >= 4 is 39.9 Å². The van der Waals surface area contributed by atoms with Crippen LogP contribution in [0, 0.1) is 0 Å². The van der Waals surface area contributed by atoms with Crippen LogP contribution in [-0.2, 0) is 0 Å². The summed E-state index contributed by atoms with van der Waals surface area (Å²) in [5.41, 5.74) is 4.35. The van der Waals surface area contributed by atoms with Crippen molar-refractivity contribution in [3.8, 4) is 5.75 Å². The first-order chi connectivity index (χ1) is 14.9. The first-order valence-electron chi connectivity index (χ1n) is 9.31. The second-order valence-electron chi connectivity index (χ2n) is 6.81. The van der Waals surface area contributed by atoms with E-state index in [2.05, 4.69) is 10.4 Å². The normalized spacial score (nSPS) is 14.0. The highest BCUT2D eigenvalue weighted by Gasteiger charge is 2.34. The molecule has 0 radical (unpaired) electrons. The number of aliphatic imine (C=N–C) groups is 1.